The van der Waals surface area contributed by atoms with Crippen LogP contribution in [0.3, 0.4) is 0 Å². The number of fused-ring (bicyclic) bond motifs is 2. The standard InChI is InChI=1S/C28H24F3N3O5S2/c29-28(30,31)15-7-6-8-16(13-15)34-25(36)21-20(22-24(32-27(38)41-22)40-23(21)26(34)37)17-9-2-3-10-18(17)39-14-19(35)33-11-4-1-5-12-33/h2-3,6-10,13,20-21,23H,1,4-5,11-12,14H2,(H,32,38). The van der Waals surface area contributed by atoms with Crippen LogP contribution in [0.25, 0.3) is 0 Å². The van der Waals surface area contributed by atoms with Gasteiger partial charge in [0.2, 0.25) is 11.8 Å². The molecular formula is C28H24F3N3O5S2. The fourth-order valence-electron chi connectivity index (χ4n) is 5.67. The lowest BCUT2D eigenvalue weighted by molar-refractivity contribution is -0.137. The molecule has 1 N–H and O–H groups in total. The first kappa shape index (κ1) is 27.6. The molecule has 1 aromatic heterocycles. The number of benzene rings is 2. The maximum Gasteiger partial charge on any atom is 0.416 e. The topological polar surface area (TPSA) is 99.8 Å². The molecule has 3 atom stereocenters. The van der Waals surface area contributed by atoms with Gasteiger partial charge in [0.25, 0.3) is 5.91 Å². The number of nitrogens with one attached hydrogen (secondary N) is 1. The highest BCUT2D eigenvalue weighted by atomic mass is 32.2. The summed E-state index contributed by atoms with van der Waals surface area (Å²) in [6.45, 7) is 1.11. The van der Waals surface area contributed by atoms with Crippen LogP contribution in [-0.2, 0) is 20.6 Å². The van der Waals surface area contributed by atoms with Crippen molar-refractivity contribution in [3.8, 4) is 5.75 Å². The number of imide groups is 1. The zero-order valence-electron chi connectivity index (χ0n) is 21.5. The quantitative estimate of drug-likeness (QED) is 0.427. The minimum atomic E-state index is -4.66. The first-order chi connectivity index (χ1) is 19.6. The van der Waals surface area contributed by atoms with E-state index in [4.69, 9.17) is 4.74 Å². The average Bonchev–Trinajstić information content (AvgIpc) is 3.46. The summed E-state index contributed by atoms with van der Waals surface area (Å²) in [6.07, 6.45) is -1.73. The molecule has 2 saturated heterocycles. The molecule has 0 aliphatic carbocycles. The molecule has 0 radical (unpaired) electrons. The zero-order valence-corrected chi connectivity index (χ0v) is 23.1. The van der Waals surface area contributed by atoms with Crippen LogP contribution in [0.5, 0.6) is 5.75 Å². The first-order valence-electron chi connectivity index (χ1n) is 13.1. The second-order valence-corrected chi connectivity index (χ2v) is 12.2. The highest BCUT2D eigenvalue weighted by Gasteiger charge is 2.57. The van der Waals surface area contributed by atoms with E-state index in [0.717, 1.165) is 65.5 Å². The number of carbonyl (C=O) groups is 3. The lowest BCUT2D eigenvalue weighted by Gasteiger charge is -2.31. The highest BCUT2D eigenvalue weighted by Crippen LogP contribution is 2.54. The summed E-state index contributed by atoms with van der Waals surface area (Å²) in [4.78, 5) is 58.2. The van der Waals surface area contributed by atoms with E-state index in [0.29, 0.717) is 34.3 Å². The van der Waals surface area contributed by atoms with Crippen LogP contribution in [0, 0.1) is 5.92 Å². The van der Waals surface area contributed by atoms with E-state index in [1.165, 1.54) is 6.07 Å². The largest absolute Gasteiger partial charge is 0.483 e. The maximum atomic E-state index is 13.9. The Kier molecular flexibility index (Phi) is 7.18. The number of H-pyrrole nitrogens is 1. The van der Waals surface area contributed by atoms with Crippen molar-refractivity contribution in [3.63, 3.8) is 0 Å². The number of amides is 3. The van der Waals surface area contributed by atoms with E-state index >= 15 is 0 Å². The van der Waals surface area contributed by atoms with Crippen molar-refractivity contribution in [3.05, 3.63) is 74.2 Å². The number of aromatic amines is 1. The van der Waals surface area contributed by atoms with E-state index in [-0.39, 0.29) is 23.1 Å². The Balaban J connectivity index is 1.37. The van der Waals surface area contributed by atoms with E-state index in [2.05, 4.69) is 4.98 Å². The minimum absolute atomic E-state index is 0.161. The Morgan fingerprint density at radius 1 is 1.00 bits per heavy atom. The predicted molar refractivity (Wildman–Crippen MR) is 146 cm³/mol. The summed E-state index contributed by atoms with van der Waals surface area (Å²) in [7, 11) is 0. The van der Waals surface area contributed by atoms with Crippen LogP contribution in [0.4, 0.5) is 18.9 Å². The zero-order chi connectivity index (χ0) is 28.9. The summed E-state index contributed by atoms with van der Waals surface area (Å²) in [5.74, 6) is -2.96. The molecule has 3 unspecified atom stereocenters. The van der Waals surface area contributed by atoms with Crippen molar-refractivity contribution in [1.29, 1.82) is 0 Å². The van der Waals surface area contributed by atoms with Gasteiger partial charge < -0.3 is 14.6 Å². The number of halogens is 3. The number of carbonyl (C=O) groups excluding carboxylic acids is 3. The third-order valence-electron chi connectivity index (χ3n) is 7.57. The normalized spacial score (nSPS) is 22.5. The summed E-state index contributed by atoms with van der Waals surface area (Å²) in [5.41, 5.74) is -0.634. The van der Waals surface area contributed by atoms with Crippen molar-refractivity contribution < 1.29 is 32.3 Å². The van der Waals surface area contributed by atoms with E-state index in [1.807, 2.05) is 0 Å². The fourth-order valence-corrected chi connectivity index (χ4v) is 8.18. The number of likely N-dealkylation sites (tertiary alicyclic amines) is 1. The molecule has 41 heavy (non-hydrogen) atoms. The van der Waals surface area contributed by atoms with E-state index in [1.54, 1.807) is 29.2 Å². The third-order valence-corrected chi connectivity index (χ3v) is 9.97. The van der Waals surface area contributed by atoms with Gasteiger partial charge in [-0.15, -0.1) is 0 Å². The highest BCUT2D eigenvalue weighted by molar-refractivity contribution is 8.00. The summed E-state index contributed by atoms with van der Waals surface area (Å²) in [5, 5.41) is -0.555. The van der Waals surface area contributed by atoms with Crippen molar-refractivity contribution >= 4 is 46.5 Å². The molecule has 3 aliphatic rings. The predicted octanol–water partition coefficient (Wildman–Crippen LogP) is 4.64. The van der Waals surface area contributed by atoms with Gasteiger partial charge in [-0.25, -0.2) is 4.90 Å². The van der Waals surface area contributed by atoms with Gasteiger partial charge in [-0.1, -0.05) is 47.4 Å². The molecule has 3 aromatic rings. The van der Waals surface area contributed by atoms with Crippen LogP contribution in [0.1, 0.15) is 41.2 Å². The molecule has 4 heterocycles. The number of piperidine rings is 1. The van der Waals surface area contributed by atoms with Crippen LogP contribution in [0.15, 0.2) is 58.4 Å². The van der Waals surface area contributed by atoms with Crippen LogP contribution in [-0.4, -0.2) is 52.6 Å². The summed E-state index contributed by atoms with van der Waals surface area (Å²) < 4.78 is 46.3. The lowest BCUT2D eigenvalue weighted by atomic mass is 9.82. The molecule has 0 saturated carbocycles. The summed E-state index contributed by atoms with van der Waals surface area (Å²) in [6, 6.07) is 10.9. The number of rotatable bonds is 5. The van der Waals surface area contributed by atoms with Gasteiger partial charge in [0.1, 0.15) is 11.0 Å². The Hall–Kier alpha value is -3.58. The van der Waals surface area contributed by atoms with Crippen molar-refractivity contribution in [2.24, 2.45) is 5.92 Å². The van der Waals surface area contributed by atoms with Gasteiger partial charge in [-0.2, -0.15) is 13.2 Å². The third kappa shape index (κ3) is 5.05. The molecule has 214 valence electrons. The number of para-hydroxylation sites is 1. The molecule has 13 heteroatoms. The van der Waals surface area contributed by atoms with Crippen LogP contribution in [0.2, 0.25) is 0 Å². The van der Waals surface area contributed by atoms with Gasteiger partial charge in [-0.3, -0.25) is 19.2 Å². The van der Waals surface area contributed by atoms with Gasteiger partial charge in [0, 0.05) is 29.4 Å². The SMILES string of the molecule is O=C(COc1ccccc1C1c2sc(=O)[nH]c2SC2C(=O)N(c3cccc(C(F)(F)F)c3)C(=O)C21)N1CCCCC1. The molecule has 0 bridgehead atoms. The molecule has 2 aromatic carbocycles. The number of nitrogens with zero attached hydrogens (tertiary/aromatic N) is 2. The molecule has 0 spiro atoms. The number of thiazole rings is 1. The number of ether oxygens (including phenoxy) is 1. The fraction of sp³-hybridized carbons (Fsp3) is 0.357. The number of hydrogen-bond donors (Lipinski definition) is 1. The summed E-state index contributed by atoms with van der Waals surface area (Å²) >= 11 is 1.94. The Labute approximate surface area is 240 Å². The second kappa shape index (κ2) is 10.7. The van der Waals surface area contributed by atoms with E-state index < -0.39 is 40.6 Å². The van der Waals surface area contributed by atoms with Crippen molar-refractivity contribution in [2.75, 3.05) is 24.6 Å². The Bertz CT molecular complexity index is 1580. The van der Waals surface area contributed by atoms with Gasteiger partial charge in [-0.05, 0) is 43.5 Å². The van der Waals surface area contributed by atoms with Crippen molar-refractivity contribution in [1.82, 2.24) is 9.88 Å². The molecule has 8 nitrogen and oxygen atoms in total. The minimum Gasteiger partial charge on any atom is -0.483 e. The smallest absolute Gasteiger partial charge is 0.416 e. The van der Waals surface area contributed by atoms with Gasteiger partial charge >= 0.3 is 11.0 Å². The van der Waals surface area contributed by atoms with Crippen molar-refractivity contribution in [2.45, 2.75) is 41.6 Å². The van der Waals surface area contributed by atoms with Gasteiger partial charge in [0.15, 0.2) is 6.61 Å². The number of alkyl halides is 3. The second-order valence-electron chi connectivity index (χ2n) is 10.1. The number of anilines is 1. The van der Waals surface area contributed by atoms with Crippen LogP contribution >= 0.6 is 23.1 Å². The maximum absolute atomic E-state index is 13.9. The number of aromatic nitrogens is 1. The lowest BCUT2D eigenvalue weighted by Crippen LogP contribution is -2.38. The molecule has 2 fully saturated rings. The van der Waals surface area contributed by atoms with Gasteiger partial charge in [0.05, 0.1) is 22.2 Å². The number of thioether (sulfide) groups is 1. The first-order valence-corrected chi connectivity index (χ1v) is 14.8. The van der Waals surface area contributed by atoms with E-state index in [9.17, 15) is 32.3 Å². The Morgan fingerprint density at radius 2 is 1.76 bits per heavy atom. The Morgan fingerprint density at radius 3 is 2.51 bits per heavy atom. The monoisotopic (exact) mass is 603 g/mol. The molecule has 6 rings (SSSR count). The molecule has 3 amide bonds. The average molecular weight is 604 g/mol. The number of hydrogen-bond acceptors (Lipinski definition) is 7. The van der Waals surface area contributed by atoms with Crippen LogP contribution < -0.4 is 14.5 Å². The molecular weight excluding hydrogens is 579 g/mol. The molecule has 3 aliphatic heterocycles.